The lowest BCUT2D eigenvalue weighted by Gasteiger charge is -2.45. The van der Waals surface area contributed by atoms with Crippen LogP contribution < -0.4 is 10.4 Å². The molecule has 6 rings (SSSR count). The second-order valence-electron chi connectivity index (χ2n) is 10.1. The molecule has 2 aliphatic rings. The normalized spacial score (nSPS) is 19.1. The van der Waals surface area contributed by atoms with Crippen LogP contribution in [0.2, 0.25) is 0 Å². The fourth-order valence-electron chi connectivity index (χ4n) is 5.81. The molecule has 2 aromatic heterocycles. The predicted molar refractivity (Wildman–Crippen MR) is 144 cm³/mol. The summed E-state index contributed by atoms with van der Waals surface area (Å²) in [4.78, 5) is 42.4. The summed E-state index contributed by atoms with van der Waals surface area (Å²) in [6.07, 6.45) is 7.81. The van der Waals surface area contributed by atoms with Gasteiger partial charge < -0.3 is 14.6 Å². The first-order valence-electron chi connectivity index (χ1n) is 13.4. The first-order chi connectivity index (χ1) is 18.7. The largest absolute Gasteiger partial charge is 0.472 e. The van der Waals surface area contributed by atoms with Gasteiger partial charge in [0, 0.05) is 25.7 Å². The molecule has 38 heavy (non-hydrogen) atoms. The van der Waals surface area contributed by atoms with E-state index in [-0.39, 0.29) is 23.8 Å². The summed E-state index contributed by atoms with van der Waals surface area (Å²) in [6.45, 7) is 2.73. The fraction of sp³-hybridized carbons (Fsp3) is 0.379. The van der Waals surface area contributed by atoms with Crippen molar-refractivity contribution in [2.75, 3.05) is 19.6 Å². The van der Waals surface area contributed by atoms with Crippen molar-refractivity contribution in [1.29, 1.82) is 0 Å². The zero-order valence-corrected chi connectivity index (χ0v) is 21.3. The highest BCUT2D eigenvalue weighted by Gasteiger charge is 2.35. The summed E-state index contributed by atoms with van der Waals surface area (Å²) < 4.78 is 7.73. The fourth-order valence-corrected chi connectivity index (χ4v) is 5.81. The van der Waals surface area contributed by atoms with Crippen LogP contribution in [0.25, 0.3) is 11.0 Å². The van der Waals surface area contributed by atoms with Crippen molar-refractivity contribution in [2.45, 2.75) is 50.9 Å². The van der Waals surface area contributed by atoms with E-state index in [9.17, 15) is 9.59 Å². The molecule has 0 bridgehead atoms. The van der Waals surface area contributed by atoms with Gasteiger partial charge in [-0.2, -0.15) is 0 Å². The van der Waals surface area contributed by atoms with Crippen LogP contribution in [0.15, 0.2) is 71.8 Å². The van der Waals surface area contributed by atoms with E-state index in [2.05, 4.69) is 19.9 Å². The lowest BCUT2D eigenvalue weighted by Crippen LogP contribution is -2.55. The number of hydrogen-bond acceptors (Lipinski definition) is 6. The molecule has 196 valence electrons. The zero-order chi connectivity index (χ0) is 25.9. The molecule has 9 nitrogen and oxygen atoms in total. The molecule has 4 aromatic rings. The van der Waals surface area contributed by atoms with E-state index in [1.165, 1.54) is 6.20 Å². The minimum Gasteiger partial charge on any atom is -0.472 e. The Balaban J connectivity index is 1.13. The van der Waals surface area contributed by atoms with E-state index in [0.29, 0.717) is 24.7 Å². The van der Waals surface area contributed by atoms with Crippen LogP contribution in [0.3, 0.4) is 0 Å². The number of piperidine rings is 2. The van der Waals surface area contributed by atoms with Crippen molar-refractivity contribution in [2.24, 2.45) is 0 Å². The topological polar surface area (TPSA) is 96.3 Å². The summed E-state index contributed by atoms with van der Waals surface area (Å²) in [5.41, 5.74) is 3.12. The third-order valence-electron chi connectivity index (χ3n) is 7.70. The summed E-state index contributed by atoms with van der Waals surface area (Å²) in [7, 11) is 0. The average molecular weight is 513 g/mol. The van der Waals surface area contributed by atoms with Crippen LogP contribution in [-0.2, 0) is 6.61 Å². The molecule has 1 amide bonds. The van der Waals surface area contributed by atoms with Crippen LogP contribution >= 0.6 is 0 Å². The van der Waals surface area contributed by atoms with Gasteiger partial charge >= 0.3 is 5.69 Å². The summed E-state index contributed by atoms with van der Waals surface area (Å²) in [6, 6.07) is 17.8. The van der Waals surface area contributed by atoms with E-state index in [1.807, 2.05) is 64.1 Å². The van der Waals surface area contributed by atoms with E-state index < -0.39 is 0 Å². The monoisotopic (exact) mass is 512 g/mol. The molecule has 2 aliphatic heterocycles. The highest BCUT2D eigenvalue weighted by molar-refractivity contribution is 5.92. The molecule has 0 radical (unpaired) electrons. The number of para-hydroxylation sites is 2. The Hall–Kier alpha value is -3.98. The van der Waals surface area contributed by atoms with Gasteiger partial charge in [-0.05, 0) is 49.8 Å². The standard InChI is InChI=1S/C29H32N6O3/c36-28(24-18-30-19-26(31-24)38-20-21-8-2-1-3-9-21)34-15-7-6-12-27(34)33-16-13-22(14-17-33)35-25-11-5-4-10-23(25)32-29(35)37/h1-5,8-11,18-19,22,27H,6-7,12-17,20H2,(H,32,37). The molecule has 9 heteroatoms. The second kappa shape index (κ2) is 10.8. The quantitative estimate of drug-likeness (QED) is 0.420. The molecule has 0 spiro atoms. The molecular weight excluding hydrogens is 480 g/mol. The van der Waals surface area contributed by atoms with Gasteiger partial charge in [0.25, 0.3) is 5.91 Å². The van der Waals surface area contributed by atoms with Gasteiger partial charge in [-0.15, -0.1) is 0 Å². The van der Waals surface area contributed by atoms with Crippen LogP contribution in [0, 0.1) is 0 Å². The van der Waals surface area contributed by atoms with E-state index in [1.54, 1.807) is 6.20 Å². The van der Waals surface area contributed by atoms with Crippen molar-refractivity contribution < 1.29 is 9.53 Å². The number of H-pyrrole nitrogens is 1. The first-order valence-corrected chi connectivity index (χ1v) is 13.4. The molecule has 2 saturated heterocycles. The predicted octanol–water partition coefficient (Wildman–Crippen LogP) is 3.99. The lowest BCUT2D eigenvalue weighted by molar-refractivity contribution is 0.000755. The van der Waals surface area contributed by atoms with Crippen molar-refractivity contribution >= 4 is 16.9 Å². The molecule has 0 saturated carbocycles. The molecule has 2 fully saturated rings. The number of aromatic nitrogens is 4. The van der Waals surface area contributed by atoms with Gasteiger partial charge in [0.15, 0.2) is 5.69 Å². The van der Waals surface area contributed by atoms with Crippen molar-refractivity contribution in [3.8, 4) is 5.88 Å². The number of amides is 1. The third-order valence-corrected chi connectivity index (χ3v) is 7.70. The highest BCUT2D eigenvalue weighted by atomic mass is 16.5. The van der Waals surface area contributed by atoms with E-state index in [4.69, 9.17) is 4.74 Å². The number of nitrogens with one attached hydrogen (secondary N) is 1. The molecule has 1 unspecified atom stereocenters. The average Bonchev–Trinajstić information content (AvgIpc) is 3.32. The number of carbonyl (C=O) groups is 1. The van der Waals surface area contributed by atoms with Crippen LogP contribution in [0.4, 0.5) is 0 Å². The van der Waals surface area contributed by atoms with Crippen molar-refractivity contribution in [1.82, 2.24) is 29.3 Å². The van der Waals surface area contributed by atoms with Crippen LogP contribution in [-0.4, -0.2) is 61.0 Å². The minimum absolute atomic E-state index is 0.0209. The molecule has 0 aliphatic carbocycles. The molecule has 1 N–H and O–H groups in total. The number of rotatable bonds is 6. The highest BCUT2D eigenvalue weighted by Crippen LogP contribution is 2.30. The molecule has 1 atom stereocenters. The Morgan fingerprint density at radius 1 is 0.947 bits per heavy atom. The maximum Gasteiger partial charge on any atom is 0.326 e. The number of fused-ring (bicyclic) bond motifs is 1. The minimum atomic E-state index is -0.109. The number of nitrogens with zero attached hydrogens (tertiary/aromatic N) is 5. The Morgan fingerprint density at radius 3 is 2.58 bits per heavy atom. The van der Waals surface area contributed by atoms with E-state index in [0.717, 1.165) is 61.8 Å². The van der Waals surface area contributed by atoms with Crippen LogP contribution in [0.1, 0.15) is 54.2 Å². The number of carbonyl (C=O) groups excluding carboxylic acids is 1. The lowest BCUT2D eigenvalue weighted by atomic mass is 10.00. The summed E-state index contributed by atoms with van der Waals surface area (Å²) in [5.74, 6) is 0.237. The Morgan fingerprint density at radius 2 is 1.74 bits per heavy atom. The third kappa shape index (κ3) is 4.93. The maximum atomic E-state index is 13.6. The summed E-state index contributed by atoms with van der Waals surface area (Å²) >= 11 is 0. The second-order valence-corrected chi connectivity index (χ2v) is 10.1. The number of hydrogen-bond donors (Lipinski definition) is 1. The van der Waals surface area contributed by atoms with Gasteiger partial charge in [0.1, 0.15) is 6.61 Å². The Kier molecular flexibility index (Phi) is 6.92. The number of aromatic amines is 1. The zero-order valence-electron chi connectivity index (χ0n) is 21.3. The first kappa shape index (κ1) is 24.4. The van der Waals surface area contributed by atoms with Crippen molar-refractivity contribution in [3.63, 3.8) is 0 Å². The smallest absolute Gasteiger partial charge is 0.326 e. The van der Waals surface area contributed by atoms with Crippen molar-refractivity contribution in [3.05, 3.63) is 88.7 Å². The van der Waals surface area contributed by atoms with Gasteiger partial charge in [-0.1, -0.05) is 42.5 Å². The van der Waals surface area contributed by atoms with E-state index >= 15 is 0 Å². The SMILES string of the molecule is O=C(c1cncc(OCc2ccccc2)n1)N1CCCCC1N1CCC(n2c(=O)[nH]c3ccccc32)CC1. The Bertz CT molecular complexity index is 1460. The molecular formula is C29H32N6O3. The van der Waals surface area contributed by atoms with Gasteiger partial charge in [-0.25, -0.2) is 9.78 Å². The number of ether oxygens (including phenoxy) is 1. The number of likely N-dealkylation sites (tertiary alicyclic amines) is 2. The summed E-state index contributed by atoms with van der Waals surface area (Å²) in [5, 5.41) is 0. The Labute approximate surface area is 221 Å². The van der Waals surface area contributed by atoms with Gasteiger partial charge in [-0.3, -0.25) is 19.2 Å². The maximum absolute atomic E-state index is 13.6. The number of benzene rings is 2. The van der Waals surface area contributed by atoms with Gasteiger partial charge in [0.05, 0.1) is 29.6 Å². The molecule has 4 heterocycles. The van der Waals surface area contributed by atoms with Crippen LogP contribution in [0.5, 0.6) is 5.88 Å². The molecule has 2 aromatic carbocycles. The van der Waals surface area contributed by atoms with Gasteiger partial charge in [0.2, 0.25) is 5.88 Å². The number of imidazole rings is 1.